The molecule has 0 saturated heterocycles. The van der Waals surface area contributed by atoms with Gasteiger partial charge in [-0.15, -0.1) is 0 Å². The van der Waals surface area contributed by atoms with E-state index in [1.807, 2.05) is 0 Å². The highest BCUT2D eigenvalue weighted by Gasteiger charge is 2.02. The Morgan fingerprint density at radius 2 is 2.23 bits per heavy atom. The highest BCUT2D eigenvalue weighted by molar-refractivity contribution is 5.69. The number of ether oxygens (including phenoxy) is 1. The van der Waals surface area contributed by atoms with Crippen LogP contribution in [-0.4, -0.2) is 18.7 Å². The Balaban J connectivity index is 3.63. The van der Waals surface area contributed by atoms with Crippen LogP contribution in [-0.2, 0) is 14.3 Å². The van der Waals surface area contributed by atoms with Gasteiger partial charge in [-0.1, -0.05) is 19.2 Å². The maximum atomic E-state index is 10.9. The number of rotatable bonds is 6. The maximum absolute atomic E-state index is 10.9. The molecule has 0 rings (SSSR count). The zero-order valence-electron chi connectivity index (χ0n) is 7.28. The van der Waals surface area contributed by atoms with Gasteiger partial charge in [0, 0.05) is 12.1 Å². The van der Waals surface area contributed by atoms with E-state index in [2.05, 4.69) is 22.9 Å². The quantitative estimate of drug-likeness (QED) is 0.269. The van der Waals surface area contributed by atoms with Gasteiger partial charge >= 0.3 is 5.97 Å². The minimum Gasteiger partial charge on any atom is -0.461 e. The number of isocyanates is 1. The van der Waals surface area contributed by atoms with Crippen LogP contribution in [0.4, 0.5) is 0 Å². The molecule has 0 atom stereocenters. The number of aliphatic imine (C=N–C) groups is 1. The molecule has 13 heavy (non-hydrogen) atoms. The summed E-state index contributed by atoms with van der Waals surface area (Å²) in [6, 6.07) is 0. The molecule has 0 aromatic heterocycles. The molecule has 70 valence electrons. The highest BCUT2D eigenvalue weighted by Crippen LogP contribution is 2.03. The van der Waals surface area contributed by atoms with Crippen LogP contribution in [0, 0.1) is 0 Å². The molecule has 0 radical (unpaired) electrons. The Bertz CT molecular complexity index is 252. The summed E-state index contributed by atoms with van der Waals surface area (Å²) < 4.78 is 4.68. The van der Waals surface area contributed by atoms with Crippen molar-refractivity contribution in [2.45, 2.75) is 12.8 Å². The number of carbonyl (C=O) groups is 1. The number of esters is 1. The summed E-state index contributed by atoms with van der Waals surface area (Å²) in [6.07, 6.45) is 3.30. The van der Waals surface area contributed by atoms with E-state index in [4.69, 9.17) is 0 Å². The first-order valence-corrected chi connectivity index (χ1v) is 3.73. The summed E-state index contributed by atoms with van der Waals surface area (Å²) in [6.45, 7) is 7.03. The number of nitrogens with zero attached hydrogens (tertiary/aromatic N) is 1. The normalized spacial score (nSPS) is 8.31. The van der Waals surface area contributed by atoms with Gasteiger partial charge < -0.3 is 4.74 Å². The van der Waals surface area contributed by atoms with Crippen molar-refractivity contribution in [3.8, 4) is 0 Å². The predicted molar refractivity (Wildman–Crippen MR) is 47.7 cm³/mol. The van der Waals surface area contributed by atoms with E-state index in [9.17, 15) is 9.59 Å². The predicted octanol–water partition coefficient (Wildman–Crippen LogP) is 1.35. The lowest BCUT2D eigenvalue weighted by molar-refractivity contribution is -0.142. The van der Waals surface area contributed by atoms with E-state index in [0.29, 0.717) is 12.1 Å². The van der Waals surface area contributed by atoms with Crippen molar-refractivity contribution < 1.29 is 14.3 Å². The van der Waals surface area contributed by atoms with E-state index < -0.39 is 0 Å². The Morgan fingerprint density at radius 3 is 2.77 bits per heavy atom. The largest absolute Gasteiger partial charge is 0.461 e. The summed E-state index contributed by atoms with van der Waals surface area (Å²) in [4.78, 5) is 23.9. The fourth-order valence-corrected chi connectivity index (χ4v) is 0.591. The van der Waals surface area contributed by atoms with Gasteiger partial charge in [-0.05, 0) is 0 Å². The van der Waals surface area contributed by atoms with Crippen LogP contribution in [0.2, 0.25) is 0 Å². The van der Waals surface area contributed by atoms with Gasteiger partial charge in [0.05, 0.1) is 6.42 Å². The smallest absolute Gasteiger partial charge is 0.306 e. The number of hydrogen-bond donors (Lipinski definition) is 0. The molecule has 0 aromatic rings. The Labute approximate surface area is 76.6 Å². The molecular formula is C9H11NO3. The molecular weight excluding hydrogens is 170 g/mol. The zero-order chi connectivity index (χ0) is 10.1. The maximum Gasteiger partial charge on any atom is 0.306 e. The van der Waals surface area contributed by atoms with Crippen molar-refractivity contribution >= 4 is 12.0 Å². The lowest BCUT2D eigenvalue weighted by atomic mass is 10.2. The van der Waals surface area contributed by atoms with Crippen LogP contribution >= 0.6 is 0 Å². The Morgan fingerprint density at radius 1 is 1.54 bits per heavy atom. The van der Waals surface area contributed by atoms with Crippen molar-refractivity contribution in [1.82, 2.24) is 0 Å². The molecule has 0 bridgehead atoms. The average Bonchev–Trinajstić information content (AvgIpc) is 2.12. The van der Waals surface area contributed by atoms with Crippen LogP contribution in [0.3, 0.4) is 0 Å². The first-order chi connectivity index (χ1) is 6.20. The highest BCUT2D eigenvalue weighted by atomic mass is 16.5. The van der Waals surface area contributed by atoms with E-state index >= 15 is 0 Å². The van der Waals surface area contributed by atoms with Gasteiger partial charge in [0.1, 0.15) is 6.61 Å². The first kappa shape index (κ1) is 11.3. The summed E-state index contributed by atoms with van der Waals surface area (Å²) in [5, 5.41) is 0. The number of hydrogen-bond acceptors (Lipinski definition) is 4. The lowest BCUT2D eigenvalue weighted by Gasteiger charge is -1.99. The molecule has 0 N–H and O–H groups in total. The second-order valence-electron chi connectivity index (χ2n) is 2.24. The van der Waals surface area contributed by atoms with Gasteiger partial charge in [-0.25, -0.2) is 4.79 Å². The minimum absolute atomic E-state index is 0.165. The van der Waals surface area contributed by atoms with Crippen LogP contribution in [0.5, 0.6) is 0 Å². The number of allylic oxidation sites excluding steroid dienone is 1. The molecule has 0 aliphatic carbocycles. The topological polar surface area (TPSA) is 55.7 Å². The second-order valence-corrected chi connectivity index (χ2v) is 2.24. The van der Waals surface area contributed by atoms with Crippen molar-refractivity contribution in [2.24, 2.45) is 4.99 Å². The third-order valence-corrected chi connectivity index (χ3v) is 1.18. The average molecular weight is 181 g/mol. The van der Waals surface area contributed by atoms with Crippen molar-refractivity contribution in [2.75, 3.05) is 6.61 Å². The molecule has 0 aromatic carbocycles. The molecule has 0 unspecified atom stereocenters. The fourth-order valence-electron chi connectivity index (χ4n) is 0.591. The molecule has 0 saturated carbocycles. The Kier molecular flexibility index (Phi) is 6.11. The Hall–Kier alpha value is -1.67. The van der Waals surface area contributed by atoms with Gasteiger partial charge in [-0.2, -0.15) is 4.99 Å². The van der Waals surface area contributed by atoms with Gasteiger partial charge in [0.2, 0.25) is 6.08 Å². The third kappa shape index (κ3) is 6.72. The lowest BCUT2D eigenvalue weighted by Crippen LogP contribution is -2.03. The molecule has 0 aliphatic rings. The van der Waals surface area contributed by atoms with Crippen LogP contribution in [0.25, 0.3) is 0 Å². The van der Waals surface area contributed by atoms with Crippen molar-refractivity contribution in [3.63, 3.8) is 0 Å². The summed E-state index contributed by atoms with van der Waals surface area (Å²) >= 11 is 0. The third-order valence-electron chi connectivity index (χ3n) is 1.18. The number of carbonyl (C=O) groups excluding carboxylic acids is 2. The van der Waals surface area contributed by atoms with Crippen LogP contribution in [0.1, 0.15) is 12.8 Å². The van der Waals surface area contributed by atoms with Gasteiger partial charge in [0.25, 0.3) is 0 Å². The molecule has 0 fully saturated rings. The summed E-state index contributed by atoms with van der Waals surface area (Å²) in [5.41, 5.74) is 0.325. The van der Waals surface area contributed by atoms with E-state index in [1.165, 1.54) is 12.2 Å². The second kappa shape index (κ2) is 7.00. The van der Waals surface area contributed by atoms with Crippen LogP contribution in [0.15, 0.2) is 29.9 Å². The van der Waals surface area contributed by atoms with E-state index in [1.54, 1.807) is 0 Å². The standard InChI is InChI=1S/C9H11NO3/c1-3-6-13-9(12)5-4-8(2)10-7-11/h3H,1-2,4-6H2. The first-order valence-electron chi connectivity index (χ1n) is 3.73. The van der Waals surface area contributed by atoms with E-state index in [0.717, 1.165) is 0 Å². The molecule has 0 amide bonds. The molecule has 0 spiro atoms. The summed E-state index contributed by atoms with van der Waals surface area (Å²) in [5.74, 6) is -0.359. The summed E-state index contributed by atoms with van der Waals surface area (Å²) in [7, 11) is 0. The van der Waals surface area contributed by atoms with E-state index in [-0.39, 0.29) is 19.0 Å². The van der Waals surface area contributed by atoms with Gasteiger partial charge in [-0.3, -0.25) is 4.79 Å². The molecule has 4 heteroatoms. The van der Waals surface area contributed by atoms with Gasteiger partial charge in [0.15, 0.2) is 0 Å². The van der Waals surface area contributed by atoms with Crippen molar-refractivity contribution in [1.29, 1.82) is 0 Å². The fraction of sp³-hybridized carbons (Fsp3) is 0.333. The zero-order valence-corrected chi connectivity index (χ0v) is 7.28. The molecule has 0 aliphatic heterocycles. The molecule has 0 heterocycles. The van der Waals surface area contributed by atoms with Crippen LogP contribution < -0.4 is 0 Å². The molecule has 4 nitrogen and oxygen atoms in total. The SMILES string of the molecule is C=CCOC(=O)CCC(=C)N=C=O. The minimum atomic E-state index is -0.359. The van der Waals surface area contributed by atoms with Crippen molar-refractivity contribution in [3.05, 3.63) is 24.9 Å². The monoisotopic (exact) mass is 181 g/mol.